The molecule has 0 saturated carbocycles. The van der Waals surface area contributed by atoms with Crippen molar-refractivity contribution >= 4 is 23.2 Å². The molecule has 0 spiro atoms. The lowest BCUT2D eigenvalue weighted by atomic mass is 10.2. The van der Waals surface area contributed by atoms with Crippen LogP contribution in [0, 0.1) is 5.82 Å². The molecule has 1 aromatic carbocycles. The molecule has 0 fully saturated rings. The lowest BCUT2D eigenvalue weighted by Crippen LogP contribution is -2.22. The summed E-state index contributed by atoms with van der Waals surface area (Å²) in [4.78, 5) is 0. The van der Waals surface area contributed by atoms with Crippen molar-refractivity contribution in [1.82, 2.24) is 5.32 Å². The van der Waals surface area contributed by atoms with Crippen LogP contribution in [0.5, 0.6) is 0 Å². The van der Waals surface area contributed by atoms with Crippen molar-refractivity contribution in [3.05, 3.63) is 34.6 Å². The van der Waals surface area contributed by atoms with Crippen molar-refractivity contribution in [3.63, 3.8) is 0 Å². The summed E-state index contributed by atoms with van der Waals surface area (Å²) in [6.07, 6.45) is 0.922. The highest BCUT2D eigenvalue weighted by molar-refractivity contribution is 6.31. The zero-order valence-corrected chi connectivity index (χ0v) is 10.1. The minimum atomic E-state index is -0.312. The summed E-state index contributed by atoms with van der Waals surface area (Å²) in [6.45, 7) is 3.37. The average molecular weight is 250 g/mol. The van der Waals surface area contributed by atoms with Gasteiger partial charge in [0.25, 0.3) is 0 Å². The minimum Gasteiger partial charge on any atom is -0.311 e. The van der Waals surface area contributed by atoms with Gasteiger partial charge in [0.15, 0.2) is 0 Å². The Morgan fingerprint density at radius 2 is 2.20 bits per heavy atom. The van der Waals surface area contributed by atoms with Gasteiger partial charge in [0, 0.05) is 23.5 Å². The van der Waals surface area contributed by atoms with Gasteiger partial charge < -0.3 is 5.32 Å². The topological polar surface area (TPSA) is 12.0 Å². The average Bonchev–Trinajstić information content (AvgIpc) is 2.21. The minimum absolute atomic E-state index is 0.129. The Balaban J connectivity index is 2.44. The number of rotatable bonds is 5. The summed E-state index contributed by atoms with van der Waals surface area (Å²) in [5, 5.41) is 3.75. The second-order valence-corrected chi connectivity index (χ2v) is 4.40. The maximum absolute atomic E-state index is 12.7. The van der Waals surface area contributed by atoms with Crippen molar-refractivity contribution in [1.29, 1.82) is 0 Å². The number of benzene rings is 1. The predicted molar refractivity (Wildman–Crippen MR) is 63.0 cm³/mol. The maximum Gasteiger partial charge on any atom is 0.124 e. The van der Waals surface area contributed by atoms with Gasteiger partial charge in [-0.25, -0.2) is 4.39 Å². The van der Waals surface area contributed by atoms with Crippen molar-refractivity contribution in [2.24, 2.45) is 0 Å². The number of nitrogens with one attached hydrogen (secondary N) is 1. The molecule has 0 amide bonds. The van der Waals surface area contributed by atoms with Crippen LogP contribution < -0.4 is 5.32 Å². The Bertz CT molecular complexity index is 317. The van der Waals surface area contributed by atoms with Crippen molar-refractivity contribution < 1.29 is 4.39 Å². The molecule has 0 aliphatic rings. The van der Waals surface area contributed by atoms with E-state index in [1.165, 1.54) is 12.1 Å². The van der Waals surface area contributed by atoms with Crippen LogP contribution in [0.4, 0.5) is 4.39 Å². The first-order valence-corrected chi connectivity index (χ1v) is 5.73. The molecular weight excluding hydrogens is 236 g/mol. The third kappa shape index (κ3) is 4.37. The van der Waals surface area contributed by atoms with Crippen LogP contribution in [0.2, 0.25) is 5.02 Å². The van der Waals surface area contributed by atoms with Crippen molar-refractivity contribution in [3.8, 4) is 0 Å². The van der Waals surface area contributed by atoms with Crippen LogP contribution in [0.25, 0.3) is 0 Å². The van der Waals surface area contributed by atoms with Gasteiger partial charge in [0.2, 0.25) is 0 Å². The highest BCUT2D eigenvalue weighted by Crippen LogP contribution is 2.16. The highest BCUT2D eigenvalue weighted by Gasteiger charge is 2.03. The second-order valence-electron chi connectivity index (χ2n) is 3.37. The summed E-state index contributed by atoms with van der Waals surface area (Å²) in [6, 6.07) is 4.40. The van der Waals surface area contributed by atoms with Gasteiger partial charge in [-0.2, -0.15) is 0 Å². The lowest BCUT2D eigenvalue weighted by Gasteiger charge is -2.09. The lowest BCUT2D eigenvalue weighted by molar-refractivity contribution is 0.622. The molecular formula is C11H14Cl2FN. The molecule has 1 rings (SSSR count). The summed E-state index contributed by atoms with van der Waals surface area (Å²) >= 11 is 11.8. The molecule has 15 heavy (non-hydrogen) atoms. The molecule has 0 aliphatic carbocycles. The van der Waals surface area contributed by atoms with Crippen molar-refractivity contribution in [2.75, 3.05) is 6.54 Å². The highest BCUT2D eigenvalue weighted by atomic mass is 35.5. The Hall–Kier alpha value is -0.310. The van der Waals surface area contributed by atoms with E-state index < -0.39 is 0 Å². The van der Waals surface area contributed by atoms with Gasteiger partial charge >= 0.3 is 0 Å². The number of alkyl halides is 1. The summed E-state index contributed by atoms with van der Waals surface area (Å²) in [7, 11) is 0. The van der Waals surface area contributed by atoms with E-state index in [1.54, 1.807) is 6.07 Å². The van der Waals surface area contributed by atoms with E-state index in [-0.39, 0.29) is 11.2 Å². The van der Waals surface area contributed by atoms with E-state index in [4.69, 9.17) is 23.2 Å². The van der Waals surface area contributed by atoms with Crippen LogP contribution in [0.3, 0.4) is 0 Å². The van der Waals surface area contributed by atoms with Crippen LogP contribution in [-0.2, 0) is 6.54 Å². The molecule has 1 N–H and O–H groups in total. The monoisotopic (exact) mass is 249 g/mol. The van der Waals surface area contributed by atoms with E-state index in [0.717, 1.165) is 18.5 Å². The van der Waals surface area contributed by atoms with E-state index in [1.807, 2.05) is 6.92 Å². The molecule has 0 saturated heterocycles. The second kappa shape index (κ2) is 6.31. The molecule has 84 valence electrons. The zero-order valence-electron chi connectivity index (χ0n) is 8.56. The van der Waals surface area contributed by atoms with E-state index in [9.17, 15) is 4.39 Å². The van der Waals surface area contributed by atoms with Crippen LogP contribution in [0.1, 0.15) is 18.9 Å². The zero-order chi connectivity index (χ0) is 11.3. The summed E-state index contributed by atoms with van der Waals surface area (Å²) < 4.78 is 12.7. The number of halogens is 3. The molecule has 1 atom stereocenters. The normalized spacial score (nSPS) is 12.8. The number of hydrogen-bond acceptors (Lipinski definition) is 1. The standard InChI is InChI=1S/C11H14Cl2FN/c1-2-9(12)7-15-6-8-3-4-10(14)5-11(8)13/h3-5,9,15H,2,6-7H2,1H3. The first-order valence-electron chi connectivity index (χ1n) is 4.92. The fourth-order valence-corrected chi connectivity index (χ4v) is 1.52. The molecule has 0 bridgehead atoms. The van der Waals surface area contributed by atoms with Gasteiger partial charge in [0.05, 0.1) is 0 Å². The molecule has 0 radical (unpaired) electrons. The SMILES string of the molecule is CCC(Cl)CNCc1ccc(F)cc1Cl. The van der Waals surface area contributed by atoms with Gasteiger partial charge in [-0.3, -0.25) is 0 Å². The first kappa shape index (κ1) is 12.8. The third-order valence-electron chi connectivity index (χ3n) is 2.14. The molecule has 1 nitrogen and oxygen atoms in total. The van der Waals surface area contributed by atoms with Gasteiger partial charge in [-0.05, 0) is 24.1 Å². The molecule has 1 unspecified atom stereocenters. The number of hydrogen-bond donors (Lipinski definition) is 1. The van der Waals surface area contributed by atoms with Crippen LogP contribution >= 0.6 is 23.2 Å². The van der Waals surface area contributed by atoms with Gasteiger partial charge in [0.1, 0.15) is 5.82 Å². The predicted octanol–water partition coefficient (Wildman–Crippen LogP) is 3.59. The third-order valence-corrected chi connectivity index (χ3v) is 2.95. The van der Waals surface area contributed by atoms with E-state index in [2.05, 4.69) is 5.32 Å². The van der Waals surface area contributed by atoms with Crippen LogP contribution in [-0.4, -0.2) is 11.9 Å². The Labute approximate surface area is 99.6 Å². The first-order chi connectivity index (χ1) is 7.13. The fraction of sp³-hybridized carbons (Fsp3) is 0.455. The molecule has 0 heterocycles. The van der Waals surface area contributed by atoms with Crippen LogP contribution in [0.15, 0.2) is 18.2 Å². The molecule has 0 aromatic heterocycles. The smallest absolute Gasteiger partial charge is 0.124 e. The molecule has 0 aliphatic heterocycles. The summed E-state index contributed by atoms with van der Waals surface area (Å²) in [5.74, 6) is -0.312. The largest absolute Gasteiger partial charge is 0.311 e. The maximum atomic E-state index is 12.7. The van der Waals surface area contributed by atoms with Crippen molar-refractivity contribution in [2.45, 2.75) is 25.3 Å². The van der Waals surface area contributed by atoms with E-state index in [0.29, 0.717) is 11.6 Å². The Morgan fingerprint density at radius 1 is 1.47 bits per heavy atom. The molecule has 4 heteroatoms. The molecule has 1 aromatic rings. The fourth-order valence-electron chi connectivity index (χ4n) is 1.17. The summed E-state index contributed by atoms with van der Waals surface area (Å²) in [5.41, 5.74) is 0.887. The quantitative estimate of drug-likeness (QED) is 0.787. The Kier molecular flexibility index (Phi) is 5.37. The van der Waals surface area contributed by atoms with Gasteiger partial charge in [-0.1, -0.05) is 24.6 Å². The Morgan fingerprint density at radius 3 is 2.80 bits per heavy atom. The van der Waals surface area contributed by atoms with Gasteiger partial charge in [-0.15, -0.1) is 11.6 Å². The van der Waals surface area contributed by atoms with E-state index >= 15 is 0 Å².